The molecule has 7 heteroatoms. The molecule has 1 rings (SSSR count). The number of halogens is 1. The Balaban J connectivity index is 2.64. The van der Waals surface area contributed by atoms with Crippen molar-refractivity contribution in [2.45, 2.75) is 0 Å². The molecule has 0 atom stereocenters. The van der Waals surface area contributed by atoms with E-state index >= 15 is 0 Å². The van der Waals surface area contributed by atoms with Crippen molar-refractivity contribution >= 4 is 33.6 Å². The van der Waals surface area contributed by atoms with Gasteiger partial charge in [0, 0.05) is 16.2 Å². The van der Waals surface area contributed by atoms with Crippen LogP contribution in [0.2, 0.25) is 0 Å². The fraction of sp³-hybridized carbons (Fsp3) is 0.200. The van der Waals surface area contributed by atoms with Crippen LogP contribution in [0, 0.1) is 0 Å². The lowest BCUT2D eigenvalue weighted by Gasteiger charge is -2.08. The summed E-state index contributed by atoms with van der Waals surface area (Å²) in [4.78, 5) is 21.5. The molecule has 17 heavy (non-hydrogen) atoms. The van der Waals surface area contributed by atoms with Crippen LogP contribution in [0.25, 0.3) is 0 Å². The van der Waals surface area contributed by atoms with E-state index in [0.29, 0.717) is 11.4 Å². The molecule has 0 aromatic heterocycles. The second kappa shape index (κ2) is 6.09. The highest BCUT2D eigenvalue weighted by Gasteiger charge is 2.05. The molecule has 92 valence electrons. The maximum atomic E-state index is 11.3. The van der Waals surface area contributed by atoms with E-state index in [0.717, 1.165) is 4.47 Å². The number of carboxylic acid groups (broad SMARTS) is 1. The second-order valence-corrected chi connectivity index (χ2v) is 4.00. The first-order chi connectivity index (χ1) is 8.01. The molecule has 1 aromatic carbocycles. The summed E-state index contributed by atoms with van der Waals surface area (Å²) in [5, 5.41) is 13.1. The molecule has 0 aliphatic heterocycles. The van der Waals surface area contributed by atoms with Gasteiger partial charge >= 0.3 is 12.0 Å². The molecule has 6 nitrogen and oxygen atoms in total. The molecule has 0 aliphatic carbocycles. The molecule has 0 fully saturated rings. The van der Waals surface area contributed by atoms with Crippen molar-refractivity contribution < 1.29 is 19.4 Å². The maximum Gasteiger partial charge on any atom is 0.323 e. The van der Waals surface area contributed by atoms with Crippen LogP contribution in [-0.2, 0) is 4.79 Å². The molecule has 0 spiro atoms. The minimum Gasteiger partial charge on any atom is -0.497 e. The van der Waals surface area contributed by atoms with E-state index in [1.165, 1.54) is 7.11 Å². The predicted molar refractivity (Wildman–Crippen MR) is 65.4 cm³/mol. The van der Waals surface area contributed by atoms with Gasteiger partial charge in [-0.25, -0.2) is 4.79 Å². The van der Waals surface area contributed by atoms with E-state index in [2.05, 4.69) is 26.6 Å². The highest BCUT2D eigenvalue weighted by atomic mass is 79.9. The summed E-state index contributed by atoms with van der Waals surface area (Å²) in [5.41, 5.74) is 0.499. The fourth-order valence-corrected chi connectivity index (χ4v) is 1.56. The van der Waals surface area contributed by atoms with Gasteiger partial charge in [0.05, 0.1) is 7.11 Å². The lowest BCUT2D eigenvalue weighted by molar-refractivity contribution is -0.135. The summed E-state index contributed by atoms with van der Waals surface area (Å²) < 4.78 is 5.76. The number of nitrogens with one attached hydrogen (secondary N) is 2. The summed E-state index contributed by atoms with van der Waals surface area (Å²) in [6.07, 6.45) is 0. The monoisotopic (exact) mass is 302 g/mol. The zero-order valence-corrected chi connectivity index (χ0v) is 10.6. The van der Waals surface area contributed by atoms with Crippen molar-refractivity contribution in [3.05, 3.63) is 22.7 Å². The molecule has 0 radical (unpaired) electrons. The molecule has 0 unspecified atom stereocenters. The SMILES string of the molecule is COc1cc(Br)cc(NC(=O)NCC(=O)O)c1. The third-order valence-electron chi connectivity index (χ3n) is 1.77. The van der Waals surface area contributed by atoms with Crippen LogP contribution in [0.3, 0.4) is 0 Å². The Hall–Kier alpha value is -1.76. The van der Waals surface area contributed by atoms with Gasteiger partial charge in [0.25, 0.3) is 0 Å². The molecular weight excluding hydrogens is 292 g/mol. The molecule has 0 aliphatic rings. The maximum absolute atomic E-state index is 11.3. The smallest absolute Gasteiger partial charge is 0.323 e. The summed E-state index contributed by atoms with van der Waals surface area (Å²) in [6.45, 7) is -0.434. The largest absolute Gasteiger partial charge is 0.497 e. The zero-order valence-electron chi connectivity index (χ0n) is 8.99. The number of benzene rings is 1. The zero-order chi connectivity index (χ0) is 12.8. The van der Waals surface area contributed by atoms with Crippen molar-refractivity contribution in [3.8, 4) is 5.75 Å². The minimum atomic E-state index is -1.10. The molecule has 0 saturated carbocycles. The number of ether oxygens (including phenoxy) is 1. The van der Waals surface area contributed by atoms with Crippen LogP contribution >= 0.6 is 15.9 Å². The standard InChI is InChI=1S/C10H11BrN2O4/c1-17-8-3-6(11)2-7(4-8)13-10(16)12-5-9(14)15/h2-4H,5H2,1H3,(H,14,15)(H2,12,13,16). The average molecular weight is 303 g/mol. The van der Waals surface area contributed by atoms with Crippen LogP contribution in [0.15, 0.2) is 22.7 Å². The Kier molecular flexibility index (Phi) is 4.77. The lowest BCUT2D eigenvalue weighted by Crippen LogP contribution is -2.33. The number of carbonyl (C=O) groups excluding carboxylic acids is 1. The second-order valence-electron chi connectivity index (χ2n) is 3.08. The first kappa shape index (κ1) is 13.3. The third-order valence-corrected chi connectivity index (χ3v) is 2.22. The number of carboxylic acids is 1. The number of methoxy groups -OCH3 is 1. The van der Waals surface area contributed by atoms with E-state index in [1.807, 2.05) is 0 Å². The average Bonchev–Trinajstić information content (AvgIpc) is 2.25. The molecule has 2 amide bonds. The van der Waals surface area contributed by atoms with Crippen LogP contribution in [0.5, 0.6) is 5.75 Å². The number of aliphatic carboxylic acids is 1. The fourth-order valence-electron chi connectivity index (χ4n) is 1.08. The Morgan fingerprint density at radius 1 is 1.41 bits per heavy atom. The van der Waals surface area contributed by atoms with Crippen LogP contribution in [0.1, 0.15) is 0 Å². The number of carbonyl (C=O) groups is 2. The number of urea groups is 1. The van der Waals surface area contributed by atoms with Crippen molar-refractivity contribution in [3.63, 3.8) is 0 Å². The Morgan fingerprint density at radius 2 is 2.12 bits per heavy atom. The molecule has 1 aromatic rings. The highest BCUT2D eigenvalue weighted by Crippen LogP contribution is 2.24. The number of anilines is 1. The summed E-state index contributed by atoms with van der Waals surface area (Å²) in [6, 6.07) is 4.43. The quantitative estimate of drug-likeness (QED) is 0.789. The first-order valence-electron chi connectivity index (χ1n) is 4.62. The van der Waals surface area contributed by atoms with E-state index in [-0.39, 0.29) is 0 Å². The van der Waals surface area contributed by atoms with Crippen LogP contribution < -0.4 is 15.4 Å². The van der Waals surface area contributed by atoms with E-state index < -0.39 is 18.5 Å². The van der Waals surface area contributed by atoms with E-state index in [4.69, 9.17) is 9.84 Å². The van der Waals surface area contributed by atoms with Crippen LogP contribution in [0.4, 0.5) is 10.5 Å². The highest BCUT2D eigenvalue weighted by molar-refractivity contribution is 9.10. The summed E-state index contributed by atoms with van der Waals surface area (Å²) >= 11 is 3.26. The Labute approximate surface area is 106 Å². The van der Waals surface area contributed by atoms with Gasteiger partial charge in [0.2, 0.25) is 0 Å². The van der Waals surface area contributed by atoms with Gasteiger partial charge in [-0.1, -0.05) is 15.9 Å². The third kappa shape index (κ3) is 4.73. The Bertz CT molecular complexity index is 436. The van der Waals surface area contributed by atoms with Crippen molar-refractivity contribution in [1.82, 2.24) is 5.32 Å². The first-order valence-corrected chi connectivity index (χ1v) is 5.42. The summed E-state index contributed by atoms with van der Waals surface area (Å²) in [7, 11) is 1.51. The molecule has 0 saturated heterocycles. The molecular formula is C10H11BrN2O4. The van der Waals surface area contributed by atoms with Gasteiger partial charge in [-0.2, -0.15) is 0 Å². The number of hydrogen-bond donors (Lipinski definition) is 3. The van der Waals surface area contributed by atoms with E-state index in [1.54, 1.807) is 18.2 Å². The lowest BCUT2D eigenvalue weighted by atomic mass is 10.3. The van der Waals surface area contributed by atoms with Gasteiger partial charge in [0.15, 0.2) is 0 Å². The topological polar surface area (TPSA) is 87.7 Å². The van der Waals surface area contributed by atoms with E-state index in [9.17, 15) is 9.59 Å². The van der Waals surface area contributed by atoms with Gasteiger partial charge in [-0.15, -0.1) is 0 Å². The van der Waals surface area contributed by atoms with Gasteiger partial charge < -0.3 is 20.5 Å². The molecule has 0 bridgehead atoms. The van der Waals surface area contributed by atoms with Gasteiger partial charge in [-0.3, -0.25) is 4.79 Å². The number of rotatable bonds is 4. The number of amides is 2. The normalized spacial score (nSPS) is 9.53. The molecule has 0 heterocycles. The van der Waals surface area contributed by atoms with Crippen LogP contribution in [-0.4, -0.2) is 30.8 Å². The Morgan fingerprint density at radius 3 is 2.71 bits per heavy atom. The van der Waals surface area contributed by atoms with Crippen molar-refractivity contribution in [2.75, 3.05) is 19.0 Å². The predicted octanol–water partition coefficient (Wildman–Crippen LogP) is 1.66. The van der Waals surface area contributed by atoms with Gasteiger partial charge in [-0.05, 0) is 12.1 Å². The van der Waals surface area contributed by atoms with Crippen molar-refractivity contribution in [1.29, 1.82) is 0 Å². The number of hydrogen-bond acceptors (Lipinski definition) is 3. The molecule has 3 N–H and O–H groups in total. The van der Waals surface area contributed by atoms with Crippen molar-refractivity contribution in [2.24, 2.45) is 0 Å². The summed E-state index contributed by atoms with van der Waals surface area (Å²) in [5.74, 6) is -0.528. The van der Waals surface area contributed by atoms with Gasteiger partial charge in [0.1, 0.15) is 12.3 Å². The minimum absolute atomic E-state index is 0.434.